The van der Waals surface area contributed by atoms with Crippen molar-refractivity contribution in [2.75, 3.05) is 27.5 Å². The first kappa shape index (κ1) is 14.5. The third-order valence-corrected chi connectivity index (χ3v) is 1.23. The fraction of sp³-hybridized carbons (Fsp3) is 0.625. The van der Waals surface area contributed by atoms with Gasteiger partial charge in [0.1, 0.15) is 6.61 Å². The topological polar surface area (TPSA) is 88.1 Å². The quantitative estimate of drug-likeness (QED) is 0.339. The molecule has 0 rings (SSSR count). The van der Waals surface area contributed by atoms with Crippen LogP contribution in [0.4, 0.5) is 4.39 Å². The number of rotatable bonds is 6. The normalized spacial score (nSPS) is 11.7. The molecule has 0 spiro atoms. The maximum atomic E-state index is 11.8. The van der Waals surface area contributed by atoms with Gasteiger partial charge in [0.2, 0.25) is 0 Å². The molecule has 92 valence electrons. The third-order valence-electron chi connectivity index (χ3n) is 1.23. The average molecular weight is 238 g/mol. The molecule has 0 aromatic carbocycles. The van der Waals surface area contributed by atoms with Crippen LogP contribution in [-0.4, -0.2) is 51.7 Å². The molecule has 7 nitrogen and oxygen atoms in total. The standard InChI is InChI=1S/C8H11FO7/c1-13-4-6(11)15-7(12)8(14-2)16-5(10)3-9/h8H,3-4H2,1-2H3. The first-order valence-electron chi connectivity index (χ1n) is 4.06. The highest BCUT2D eigenvalue weighted by Crippen LogP contribution is 1.99. The van der Waals surface area contributed by atoms with E-state index in [0.29, 0.717) is 0 Å². The number of alkyl halides is 1. The van der Waals surface area contributed by atoms with Gasteiger partial charge in [-0.05, 0) is 0 Å². The third kappa shape index (κ3) is 5.37. The van der Waals surface area contributed by atoms with Crippen molar-refractivity contribution in [2.45, 2.75) is 6.29 Å². The Bertz CT molecular complexity index is 265. The zero-order chi connectivity index (χ0) is 12.6. The van der Waals surface area contributed by atoms with Crippen molar-refractivity contribution in [3.8, 4) is 0 Å². The minimum atomic E-state index is -1.77. The molecule has 1 unspecified atom stereocenters. The van der Waals surface area contributed by atoms with Crippen molar-refractivity contribution < 1.29 is 37.7 Å². The summed E-state index contributed by atoms with van der Waals surface area (Å²) >= 11 is 0. The molecule has 0 amide bonds. The van der Waals surface area contributed by atoms with Gasteiger partial charge >= 0.3 is 24.2 Å². The first-order chi connectivity index (χ1) is 7.54. The molecule has 0 aliphatic carbocycles. The van der Waals surface area contributed by atoms with E-state index in [4.69, 9.17) is 0 Å². The fourth-order valence-corrected chi connectivity index (χ4v) is 0.651. The van der Waals surface area contributed by atoms with Crippen molar-refractivity contribution in [3.05, 3.63) is 0 Å². The van der Waals surface area contributed by atoms with E-state index in [9.17, 15) is 18.8 Å². The molecule has 8 heteroatoms. The Hall–Kier alpha value is -1.54. The zero-order valence-electron chi connectivity index (χ0n) is 8.73. The molecule has 16 heavy (non-hydrogen) atoms. The molecule has 0 saturated carbocycles. The maximum Gasteiger partial charge on any atom is 0.384 e. The van der Waals surface area contributed by atoms with Crippen molar-refractivity contribution in [2.24, 2.45) is 0 Å². The molecule has 0 fully saturated rings. The number of methoxy groups -OCH3 is 2. The molecule has 0 aliphatic heterocycles. The number of carbonyl (C=O) groups is 3. The van der Waals surface area contributed by atoms with E-state index in [-0.39, 0.29) is 0 Å². The maximum absolute atomic E-state index is 11.8. The van der Waals surface area contributed by atoms with Crippen LogP contribution in [0.15, 0.2) is 0 Å². The summed E-state index contributed by atoms with van der Waals surface area (Å²) in [4.78, 5) is 32.4. The molecule has 0 bridgehead atoms. The minimum absolute atomic E-state index is 0.445. The van der Waals surface area contributed by atoms with Crippen LogP contribution in [0.1, 0.15) is 0 Å². The second-order valence-electron chi connectivity index (χ2n) is 2.42. The van der Waals surface area contributed by atoms with Gasteiger partial charge in [0.15, 0.2) is 6.67 Å². The van der Waals surface area contributed by atoms with E-state index >= 15 is 0 Å². The Morgan fingerprint density at radius 3 is 2.25 bits per heavy atom. The van der Waals surface area contributed by atoms with Crippen LogP contribution in [0, 0.1) is 0 Å². The van der Waals surface area contributed by atoms with Crippen LogP contribution in [-0.2, 0) is 33.3 Å². The summed E-state index contributed by atoms with van der Waals surface area (Å²) in [7, 11) is 2.25. The molecule has 0 aromatic rings. The lowest BCUT2D eigenvalue weighted by Crippen LogP contribution is -2.33. The minimum Gasteiger partial charge on any atom is -0.422 e. The predicted molar refractivity (Wildman–Crippen MR) is 45.8 cm³/mol. The lowest BCUT2D eigenvalue weighted by Gasteiger charge is -2.12. The highest BCUT2D eigenvalue weighted by molar-refractivity contribution is 5.88. The van der Waals surface area contributed by atoms with E-state index < -0.39 is 37.5 Å². The van der Waals surface area contributed by atoms with Crippen LogP contribution < -0.4 is 0 Å². The second kappa shape index (κ2) is 7.71. The van der Waals surface area contributed by atoms with E-state index in [2.05, 4.69) is 18.9 Å². The Labute approximate surface area is 90.4 Å². The van der Waals surface area contributed by atoms with E-state index in [0.717, 1.165) is 7.11 Å². The Kier molecular flexibility index (Phi) is 6.97. The molecule has 0 radical (unpaired) electrons. The number of ether oxygens (including phenoxy) is 4. The fourth-order valence-electron chi connectivity index (χ4n) is 0.651. The molecular weight excluding hydrogens is 227 g/mol. The van der Waals surface area contributed by atoms with Crippen LogP contribution in [0.5, 0.6) is 0 Å². The van der Waals surface area contributed by atoms with E-state index in [1.54, 1.807) is 0 Å². The molecular formula is C8H11FO7. The monoisotopic (exact) mass is 238 g/mol. The largest absolute Gasteiger partial charge is 0.422 e. The number of halogens is 1. The van der Waals surface area contributed by atoms with Gasteiger partial charge in [0.25, 0.3) is 0 Å². The smallest absolute Gasteiger partial charge is 0.384 e. The number of esters is 3. The Balaban J connectivity index is 4.20. The Morgan fingerprint density at radius 2 is 1.81 bits per heavy atom. The van der Waals surface area contributed by atoms with Crippen LogP contribution in [0.3, 0.4) is 0 Å². The summed E-state index contributed by atoms with van der Waals surface area (Å²) in [5, 5.41) is 0. The van der Waals surface area contributed by atoms with Gasteiger partial charge in [-0.25, -0.2) is 18.8 Å². The lowest BCUT2D eigenvalue weighted by molar-refractivity contribution is -0.199. The van der Waals surface area contributed by atoms with Crippen molar-refractivity contribution in [1.82, 2.24) is 0 Å². The van der Waals surface area contributed by atoms with Gasteiger partial charge in [-0.3, -0.25) is 0 Å². The summed E-state index contributed by atoms with van der Waals surface area (Å²) in [6.07, 6.45) is -1.77. The molecule has 0 N–H and O–H groups in total. The van der Waals surface area contributed by atoms with Crippen molar-refractivity contribution in [3.63, 3.8) is 0 Å². The summed E-state index contributed by atoms with van der Waals surface area (Å²) in [6.45, 7) is -1.86. The van der Waals surface area contributed by atoms with Gasteiger partial charge in [-0.2, -0.15) is 0 Å². The summed E-state index contributed by atoms with van der Waals surface area (Å²) < 4.78 is 28.9. The molecule has 0 aromatic heterocycles. The molecule has 0 aliphatic rings. The van der Waals surface area contributed by atoms with Gasteiger partial charge in [0, 0.05) is 14.2 Å². The van der Waals surface area contributed by atoms with Crippen LogP contribution in [0.25, 0.3) is 0 Å². The summed E-state index contributed by atoms with van der Waals surface area (Å²) in [6, 6.07) is 0. The number of hydrogen-bond donors (Lipinski definition) is 0. The average Bonchev–Trinajstić information content (AvgIpc) is 2.25. The molecule has 0 heterocycles. The second-order valence-corrected chi connectivity index (χ2v) is 2.42. The molecule has 0 saturated heterocycles. The van der Waals surface area contributed by atoms with Gasteiger partial charge in [0.05, 0.1) is 0 Å². The van der Waals surface area contributed by atoms with E-state index in [1.807, 2.05) is 0 Å². The summed E-state index contributed by atoms with van der Waals surface area (Å²) in [5.41, 5.74) is 0. The lowest BCUT2D eigenvalue weighted by atomic mass is 10.6. The SMILES string of the molecule is COCC(=O)OC(=O)C(OC)OC(=O)CF. The van der Waals surface area contributed by atoms with Crippen molar-refractivity contribution >= 4 is 17.9 Å². The highest BCUT2D eigenvalue weighted by atomic mass is 19.1. The molecule has 1 atom stereocenters. The highest BCUT2D eigenvalue weighted by Gasteiger charge is 2.26. The number of hydrogen-bond acceptors (Lipinski definition) is 7. The zero-order valence-corrected chi connectivity index (χ0v) is 8.73. The summed E-state index contributed by atoms with van der Waals surface area (Å²) in [5.74, 6) is -3.54. The number of carbonyl (C=O) groups excluding carboxylic acids is 3. The van der Waals surface area contributed by atoms with Gasteiger partial charge in [-0.15, -0.1) is 0 Å². The van der Waals surface area contributed by atoms with Gasteiger partial charge < -0.3 is 18.9 Å². The van der Waals surface area contributed by atoms with Crippen LogP contribution >= 0.6 is 0 Å². The van der Waals surface area contributed by atoms with Crippen LogP contribution in [0.2, 0.25) is 0 Å². The van der Waals surface area contributed by atoms with E-state index in [1.165, 1.54) is 7.11 Å². The van der Waals surface area contributed by atoms with Crippen molar-refractivity contribution in [1.29, 1.82) is 0 Å². The van der Waals surface area contributed by atoms with Gasteiger partial charge in [-0.1, -0.05) is 0 Å². The predicted octanol–water partition coefficient (Wildman–Crippen LogP) is -0.812. The first-order valence-corrected chi connectivity index (χ1v) is 4.06. The Morgan fingerprint density at radius 1 is 1.19 bits per heavy atom.